The summed E-state index contributed by atoms with van der Waals surface area (Å²) in [6.45, 7) is 9.62. The van der Waals surface area contributed by atoms with E-state index in [-0.39, 0.29) is 0 Å². The monoisotopic (exact) mass is 226 g/mol. The summed E-state index contributed by atoms with van der Waals surface area (Å²) >= 11 is 0. The van der Waals surface area contributed by atoms with E-state index in [2.05, 4.69) is 22.1 Å². The van der Waals surface area contributed by atoms with Gasteiger partial charge in [-0.05, 0) is 38.8 Å². The molecule has 0 radical (unpaired) electrons. The Morgan fingerprint density at radius 2 is 2.06 bits per heavy atom. The summed E-state index contributed by atoms with van der Waals surface area (Å²) in [5.41, 5.74) is 5.69. The van der Waals surface area contributed by atoms with Gasteiger partial charge in [0.1, 0.15) is 0 Å². The molecule has 0 aliphatic carbocycles. The molecule has 0 amide bonds. The quantitative estimate of drug-likeness (QED) is 0.544. The van der Waals surface area contributed by atoms with E-state index in [0.717, 1.165) is 19.6 Å². The Kier molecular flexibility index (Phi) is 6.23. The van der Waals surface area contributed by atoms with Crippen LogP contribution in [0.1, 0.15) is 33.1 Å². The van der Waals surface area contributed by atoms with Crippen molar-refractivity contribution in [2.24, 2.45) is 16.6 Å². The van der Waals surface area contributed by atoms with Crippen LogP contribution in [-0.2, 0) is 0 Å². The molecule has 1 atom stereocenters. The maximum absolute atomic E-state index is 5.69. The summed E-state index contributed by atoms with van der Waals surface area (Å²) < 4.78 is 0. The SMILES string of the molecule is CCNC(N)=NCC(C)CN1CCCCC1. The lowest BCUT2D eigenvalue weighted by atomic mass is 10.1. The van der Waals surface area contributed by atoms with Crippen LogP contribution in [0.3, 0.4) is 0 Å². The zero-order valence-electron chi connectivity index (χ0n) is 10.7. The summed E-state index contributed by atoms with van der Waals surface area (Å²) in [7, 11) is 0. The number of nitrogens with zero attached hydrogens (tertiary/aromatic N) is 2. The average molecular weight is 226 g/mol. The number of guanidine groups is 1. The summed E-state index contributed by atoms with van der Waals surface area (Å²) in [5.74, 6) is 1.17. The first-order chi connectivity index (χ1) is 7.72. The van der Waals surface area contributed by atoms with E-state index >= 15 is 0 Å². The van der Waals surface area contributed by atoms with Crippen molar-refractivity contribution >= 4 is 5.96 Å². The van der Waals surface area contributed by atoms with Gasteiger partial charge in [0, 0.05) is 19.6 Å². The van der Waals surface area contributed by atoms with Crippen molar-refractivity contribution in [2.75, 3.05) is 32.7 Å². The van der Waals surface area contributed by atoms with E-state index in [1.807, 2.05) is 6.92 Å². The number of aliphatic imine (C=N–C) groups is 1. The molecule has 0 spiro atoms. The molecule has 0 aromatic rings. The predicted molar refractivity (Wildman–Crippen MR) is 69.6 cm³/mol. The Balaban J connectivity index is 2.18. The molecule has 1 heterocycles. The van der Waals surface area contributed by atoms with Crippen LogP contribution in [0, 0.1) is 5.92 Å². The number of hydrogen-bond acceptors (Lipinski definition) is 2. The van der Waals surface area contributed by atoms with Crippen molar-refractivity contribution in [3.8, 4) is 0 Å². The molecule has 4 nitrogen and oxygen atoms in total. The zero-order chi connectivity index (χ0) is 11.8. The van der Waals surface area contributed by atoms with E-state index in [1.165, 1.54) is 32.4 Å². The number of hydrogen-bond donors (Lipinski definition) is 2. The molecular formula is C12H26N4. The Morgan fingerprint density at radius 1 is 1.38 bits per heavy atom. The third kappa shape index (κ3) is 5.35. The van der Waals surface area contributed by atoms with Gasteiger partial charge in [0.2, 0.25) is 0 Å². The molecule has 1 aliphatic rings. The van der Waals surface area contributed by atoms with Crippen LogP contribution in [0.2, 0.25) is 0 Å². The van der Waals surface area contributed by atoms with Crippen LogP contribution >= 0.6 is 0 Å². The smallest absolute Gasteiger partial charge is 0.188 e. The van der Waals surface area contributed by atoms with E-state index in [9.17, 15) is 0 Å². The minimum Gasteiger partial charge on any atom is -0.370 e. The molecule has 0 saturated carbocycles. The van der Waals surface area contributed by atoms with Gasteiger partial charge in [0.05, 0.1) is 0 Å². The first-order valence-electron chi connectivity index (χ1n) is 6.48. The molecule has 94 valence electrons. The number of rotatable bonds is 5. The fourth-order valence-electron chi connectivity index (χ4n) is 2.13. The van der Waals surface area contributed by atoms with Gasteiger partial charge in [-0.2, -0.15) is 0 Å². The lowest BCUT2D eigenvalue weighted by molar-refractivity contribution is 0.203. The second-order valence-electron chi connectivity index (χ2n) is 4.72. The molecule has 1 rings (SSSR count). The maximum Gasteiger partial charge on any atom is 0.188 e. The van der Waals surface area contributed by atoms with Crippen LogP contribution in [-0.4, -0.2) is 43.6 Å². The van der Waals surface area contributed by atoms with E-state index in [4.69, 9.17) is 5.73 Å². The minimum atomic E-state index is 0.577. The molecule has 1 fully saturated rings. The third-order valence-electron chi connectivity index (χ3n) is 2.95. The molecule has 0 bridgehead atoms. The molecule has 3 N–H and O–H groups in total. The van der Waals surface area contributed by atoms with Gasteiger partial charge in [-0.1, -0.05) is 13.3 Å². The molecule has 16 heavy (non-hydrogen) atoms. The van der Waals surface area contributed by atoms with Crippen molar-refractivity contribution in [1.82, 2.24) is 10.2 Å². The number of nitrogens with two attached hydrogens (primary N) is 1. The van der Waals surface area contributed by atoms with Crippen LogP contribution in [0.5, 0.6) is 0 Å². The lowest BCUT2D eigenvalue weighted by Crippen LogP contribution is -2.35. The van der Waals surface area contributed by atoms with Gasteiger partial charge >= 0.3 is 0 Å². The van der Waals surface area contributed by atoms with Crippen LogP contribution in [0.15, 0.2) is 4.99 Å². The largest absolute Gasteiger partial charge is 0.370 e. The fourth-order valence-corrected chi connectivity index (χ4v) is 2.13. The highest BCUT2D eigenvalue weighted by Gasteiger charge is 2.12. The van der Waals surface area contributed by atoms with Crippen molar-refractivity contribution in [3.05, 3.63) is 0 Å². The second-order valence-corrected chi connectivity index (χ2v) is 4.72. The average Bonchev–Trinajstić information content (AvgIpc) is 2.28. The van der Waals surface area contributed by atoms with Gasteiger partial charge in [-0.3, -0.25) is 4.99 Å². The first kappa shape index (κ1) is 13.3. The fraction of sp³-hybridized carbons (Fsp3) is 0.917. The maximum atomic E-state index is 5.69. The lowest BCUT2D eigenvalue weighted by Gasteiger charge is -2.28. The predicted octanol–water partition coefficient (Wildman–Crippen LogP) is 1.03. The summed E-state index contributed by atoms with van der Waals surface area (Å²) in [5, 5.41) is 3.02. The van der Waals surface area contributed by atoms with E-state index in [1.54, 1.807) is 0 Å². The van der Waals surface area contributed by atoms with E-state index < -0.39 is 0 Å². The minimum absolute atomic E-state index is 0.577. The van der Waals surface area contributed by atoms with Crippen LogP contribution in [0.4, 0.5) is 0 Å². The Hall–Kier alpha value is -0.770. The van der Waals surface area contributed by atoms with Crippen LogP contribution in [0.25, 0.3) is 0 Å². The summed E-state index contributed by atoms with van der Waals surface area (Å²) in [4.78, 5) is 6.88. The molecule has 1 aliphatic heterocycles. The second kappa shape index (κ2) is 7.49. The van der Waals surface area contributed by atoms with Gasteiger partial charge < -0.3 is 16.0 Å². The highest BCUT2D eigenvalue weighted by atomic mass is 15.1. The Bertz CT molecular complexity index is 209. The third-order valence-corrected chi connectivity index (χ3v) is 2.95. The van der Waals surface area contributed by atoms with Crippen molar-refractivity contribution in [1.29, 1.82) is 0 Å². The molecular weight excluding hydrogens is 200 g/mol. The van der Waals surface area contributed by atoms with Gasteiger partial charge in [-0.15, -0.1) is 0 Å². The summed E-state index contributed by atoms with van der Waals surface area (Å²) in [6.07, 6.45) is 4.11. The standard InChI is InChI=1S/C12H26N4/c1-3-14-12(13)15-9-11(2)10-16-7-5-4-6-8-16/h11H,3-10H2,1-2H3,(H3,13,14,15). The molecule has 1 unspecified atom stereocenters. The Morgan fingerprint density at radius 3 is 2.69 bits per heavy atom. The molecule has 1 saturated heterocycles. The van der Waals surface area contributed by atoms with E-state index in [0.29, 0.717) is 11.9 Å². The Labute approximate surface area is 99.3 Å². The van der Waals surface area contributed by atoms with Gasteiger partial charge in [0.25, 0.3) is 0 Å². The van der Waals surface area contributed by atoms with Crippen molar-refractivity contribution < 1.29 is 0 Å². The van der Waals surface area contributed by atoms with Crippen molar-refractivity contribution in [2.45, 2.75) is 33.1 Å². The summed E-state index contributed by atoms with van der Waals surface area (Å²) in [6, 6.07) is 0. The number of piperidine rings is 1. The molecule has 0 aromatic carbocycles. The van der Waals surface area contributed by atoms with Gasteiger partial charge in [-0.25, -0.2) is 0 Å². The number of nitrogens with one attached hydrogen (secondary N) is 1. The topological polar surface area (TPSA) is 53.6 Å². The molecule has 0 aromatic heterocycles. The normalized spacial score (nSPS) is 20.8. The highest BCUT2D eigenvalue weighted by Crippen LogP contribution is 2.10. The molecule has 4 heteroatoms. The zero-order valence-corrected chi connectivity index (χ0v) is 10.7. The van der Waals surface area contributed by atoms with Crippen LogP contribution < -0.4 is 11.1 Å². The van der Waals surface area contributed by atoms with Gasteiger partial charge in [0.15, 0.2) is 5.96 Å². The first-order valence-corrected chi connectivity index (χ1v) is 6.48. The van der Waals surface area contributed by atoms with Crippen molar-refractivity contribution in [3.63, 3.8) is 0 Å². The highest BCUT2D eigenvalue weighted by molar-refractivity contribution is 5.77. The number of likely N-dealkylation sites (tertiary alicyclic amines) is 1.